The second kappa shape index (κ2) is 7.67. The number of fused-ring (bicyclic) bond motifs is 1. The Morgan fingerprint density at radius 2 is 1.97 bits per heavy atom. The van der Waals surface area contributed by atoms with Gasteiger partial charge in [0.05, 0.1) is 25.3 Å². The Kier molecular flexibility index (Phi) is 4.90. The van der Waals surface area contributed by atoms with Crippen molar-refractivity contribution in [2.24, 2.45) is 7.05 Å². The van der Waals surface area contributed by atoms with Crippen molar-refractivity contribution in [2.45, 2.75) is 6.61 Å². The van der Waals surface area contributed by atoms with Gasteiger partial charge in [-0.15, -0.1) is 0 Å². The number of ether oxygens (including phenoxy) is 3. The minimum Gasteiger partial charge on any atom is -0.497 e. The van der Waals surface area contributed by atoms with Crippen molar-refractivity contribution in [3.63, 3.8) is 0 Å². The molecule has 148 valence electrons. The fraction of sp³-hybridized carbons (Fsp3) is 0.190. The Morgan fingerprint density at radius 1 is 1.14 bits per heavy atom. The summed E-state index contributed by atoms with van der Waals surface area (Å²) in [5.74, 6) is 1.26. The minimum absolute atomic E-state index is 0.131. The molecule has 0 amide bonds. The Bertz CT molecular complexity index is 1180. The number of hydrogen-bond donors (Lipinski definition) is 0. The summed E-state index contributed by atoms with van der Waals surface area (Å²) in [7, 11) is 5.00. The average molecular weight is 393 g/mol. The molecule has 8 nitrogen and oxygen atoms in total. The maximum Gasteiger partial charge on any atom is 0.340 e. The Labute approximate surface area is 166 Å². The van der Waals surface area contributed by atoms with Crippen LogP contribution < -0.4 is 9.47 Å². The molecule has 0 saturated heterocycles. The van der Waals surface area contributed by atoms with Gasteiger partial charge in [0, 0.05) is 30.2 Å². The van der Waals surface area contributed by atoms with Crippen molar-refractivity contribution in [1.29, 1.82) is 0 Å². The molecule has 2 heterocycles. The van der Waals surface area contributed by atoms with Gasteiger partial charge in [-0.05, 0) is 18.2 Å². The highest BCUT2D eigenvalue weighted by Crippen LogP contribution is 2.31. The number of rotatable bonds is 6. The first-order valence-corrected chi connectivity index (χ1v) is 8.87. The van der Waals surface area contributed by atoms with Crippen LogP contribution in [-0.4, -0.2) is 34.9 Å². The lowest BCUT2D eigenvalue weighted by Gasteiger charge is -2.07. The van der Waals surface area contributed by atoms with E-state index in [0.29, 0.717) is 28.5 Å². The summed E-state index contributed by atoms with van der Waals surface area (Å²) in [6.07, 6.45) is 1.74. The SMILES string of the molecule is COc1ccc(-c2noc(COC(=O)c3cn(C)c4ccccc34)n2)c(OC)c1. The highest BCUT2D eigenvalue weighted by atomic mass is 16.6. The summed E-state index contributed by atoms with van der Waals surface area (Å²) >= 11 is 0. The van der Waals surface area contributed by atoms with Gasteiger partial charge in [-0.1, -0.05) is 23.4 Å². The predicted molar refractivity (Wildman–Crippen MR) is 105 cm³/mol. The molecule has 4 rings (SSSR count). The lowest BCUT2D eigenvalue weighted by atomic mass is 10.2. The maximum atomic E-state index is 12.5. The zero-order valence-corrected chi connectivity index (χ0v) is 16.2. The normalized spacial score (nSPS) is 10.9. The molecule has 0 radical (unpaired) electrons. The summed E-state index contributed by atoms with van der Waals surface area (Å²) < 4.78 is 23.0. The van der Waals surface area contributed by atoms with Crippen LogP contribution in [0.3, 0.4) is 0 Å². The van der Waals surface area contributed by atoms with Crippen LogP contribution in [0.15, 0.2) is 53.2 Å². The van der Waals surface area contributed by atoms with Gasteiger partial charge in [0.15, 0.2) is 6.61 Å². The molecule has 29 heavy (non-hydrogen) atoms. The minimum atomic E-state index is -0.455. The monoisotopic (exact) mass is 393 g/mol. The zero-order chi connectivity index (χ0) is 20.4. The molecule has 0 bridgehead atoms. The first-order valence-electron chi connectivity index (χ1n) is 8.87. The number of methoxy groups -OCH3 is 2. The molecule has 0 aliphatic carbocycles. The predicted octanol–water partition coefficient (Wildman–Crippen LogP) is 3.60. The molecule has 4 aromatic rings. The van der Waals surface area contributed by atoms with E-state index in [4.69, 9.17) is 18.7 Å². The third-order valence-corrected chi connectivity index (χ3v) is 4.56. The van der Waals surface area contributed by atoms with Crippen LogP contribution in [0, 0.1) is 0 Å². The highest BCUT2D eigenvalue weighted by molar-refractivity contribution is 6.04. The van der Waals surface area contributed by atoms with Crippen molar-refractivity contribution in [3.8, 4) is 22.9 Å². The number of carbonyl (C=O) groups excluding carboxylic acids is 1. The van der Waals surface area contributed by atoms with E-state index >= 15 is 0 Å². The molecule has 0 aliphatic heterocycles. The van der Waals surface area contributed by atoms with Crippen LogP contribution in [0.4, 0.5) is 0 Å². The summed E-state index contributed by atoms with van der Waals surface area (Å²) in [5.41, 5.74) is 2.08. The number of nitrogens with zero attached hydrogens (tertiary/aromatic N) is 3. The molecular formula is C21H19N3O5. The number of esters is 1. The lowest BCUT2D eigenvalue weighted by molar-refractivity contribution is 0.0432. The van der Waals surface area contributed by atoms with Crippen LogP contribution in [-0.2, 0) is 18.4 Å². The van der Waals surface area contributed by atoms with Crippen molar-refractivity contribution in [2.75, 3.05) is 14.2 Å². The van der Waals surface area contributed by atoms with Gasteiger partial charge >= 0.3 is 5.97 Å². The van der Waals surface area contributed by atoms with Crippen LogP contribution >= 0.6 is 0 Å². The Balaban J connectivity index is 1.51. The smallest absolute Gasteiger partial charge is 0.340 e. The molecule has 8 heteroatoms. The van der Waals surface area contributed by atoms with Crippen molar-refractivity contribution in [3.05, 3.63) is 60.1 Å². The fourth-order valence-corrected chi connectivity index (χ4v) is 3.12. The molecule has 0 atom stereocenters. The number of benzene rings is 2. The van der Waals surface area contributed by atoms with E-state index in [2.05, 4.69) is 10.1 Å². The van der Waals surface area contributed by atoms with Crippen LogP contribution in [0.25, 0.3) is 22.3 Å². The van der Waals surface area contributed by atoms with Crippen LogP contribution in [0.2, 0.25) is 0 Å². The molecule has 0 spiro atoms. The quantitative estimate of drug-likeness (QED) is 0.462. The molecule has 0 saturated carbocycles. The van der Waals surface area contributed by atoms with Gasteiger partial charge in [-0.25, -0.2) is 4.79 Å². The molecular weight excluding hydrogens is 374 g/mol. The zero-order valence-electron chi connectivity index (χ0n) is 16.2. The molecule has 2 aromatic carbocycles. The maximum absolute atomic E-state index is 12.5. The summed E-state index contributed by atoms with van der Waals surface area (Å²) in [6.45, 7) is -0.131. The number of hydrogen-bond acceptors (Lipinski definition) is 7. The molecule has 0 unspecified atom stereocenters. The summed E-state index contributed by atoms with van der Waals surface area (Å²) in [6, 6.07) is 12.9. The molecule has 0 fully saturated rings. The number of aryl methyl sites for hydroxylation is 1. The standard InChI is InChI=1S/C21H19N3O5/c1-24-11-16(14-6-4-5-7-17(14)24)21(25)28-12-19-22-20(23-29-19)15-9-8-13(26-2)10-18(15)27-3/h4-11H,12H2,1-3H3. The van der Waals surface area contributed by atoms with Crippen molar-refractivity contribution in [1.82, 2.24) is 14.7 Å². The largest absolute Gasteiger partial charge is 0.497 e. The van der Waals surface area contributed by atoms with E-state index in [1.807, 2.05) is 35.9 Å². The third kappa shape index (κ3) is 3.52. The highest BCUT2D eigenvalue weighted by Gasteiger charge is 2.18. The summed E-state index contributed by atoms with van der Waals surface area (Å²) in [5, 5.41) is 4.78. The van der Waals surface area contributed by atoms with Gasteiger partial charge in [0.2, 0.25) is 5.82 Å². The van der Waals surface area contributed by atoms with Gasteiger partial charge in [-0.3, -0.25) is 0 Å². The van der Waals surface area contributed by atoms with Crippen LogP contribution in [0.5, 0.6) is 11.5 Å². The van der Waals surface area contributed by atoms with Gasteiger partial charge in [0.1, 0.15) is 11.5 Å². The molecule has 2 aromatic heterocycles. The van der Waals surface area contributed by atoms with E-state index in [0.717, 1.165) is 10.9 Å². The first-order chi connectivity index (χ1) is 14.1. The first kappa shape index (κ1) is 18.5. The Hall–Kier alpha value is -3.81. The van der Waals surface area contributed by atoms with E-state index in [-0.39, 0.29) is 12.5 Å². The van der Waals surface area contributed by atoms with Crippen LogP contribution in [0.1, 0.15) is 16.2 Å². The van der Waals surface area contributed by atoms with E-state index in [9.17, 15) is 4.79 Å². The topological polar surface area (TPSA) is 88.6 Å². The van der Waals surface area contributed by atoms with Gasteiger partial charge in [0.25, 0.3) is 5.89 Å². The number of carbonyl (C=O) groups is 1. The Morgan fingerprint density at radius 3 is 2.76 bits per heavy atom. The number of para-hydroxylation sites is 1. The van der Waals surface area contributed by atoms with E-state index in [1.165, 1.54) is 0 Å². The van der Waals surface area contributed by atoms with Gasteiger partial charge < -0.3 is 23.3 Å². The van der Waals surface area contributed by atoms with E-state index in [1.54, 1.807) is 38.6 Å². The fourth-order valence-electron chi connectivity index (χ4n) is 3.12. The van der Waals surface area contributed by atoms with Crippen molar-refractivity contribution >= 4 is 16.9 Å². The second-order valence-electron chi connectivity index (χ2n) is 6.32. The third-order valence-electron chi connectivity index (χ3n) is 4.56. The number of aromatic nitrogens is 3. The second-order valence-corrected chi connectivity index (χ2v) is 6.32. The van der Waals surface area contributed by atoms with Crippen molar-refractivity contribution < 1.29 is 23.5 Å². The van der Waals surface area contributed by atoms with E-state index < -0.39 is 5.97 Å². The molecule has 0 aliphatic rings. The molecule has 0 N–H and O–H groups in total. The van der Waals surface area contributed by atoms with Gasteiger partial charge in [-0.2, -0.15) is 4.98 Å². The summed E-state index contributed by atoms with van der Waals surface area (Å²) in [4.78, 5) is 16.8. The lowest BCUT2D eigenvalue weighted by Crippen LogP contribution is -2.05. The average Bonchev–Trinajstić information content (AvgIpc) is 3.36.